The third kappa shape index (κ3) is 24.6. The molecular weight excluding hydrogens is 990 g/mol. The number of nitrogens with zero attached hydrogens (tertiary/aromatic N) is 5. The third-order valence-electron chi connectivity index (χ3n) is 12.8. The second kappa shape index (κ2) is 34.2. The summed E-state index contributed by atoms with van der Waals surface area (Å²) in [5, 5.41) is 3.35. The molecule has 4 rings (SSSR count). The number of unbranched alkanes of at least 4 members (excludes halogenated alkanes) is 14. The van der Waals surface area contributed by atoms with Crippen LogP contribution in [0, 0.1) is 5.92 Å². The Bertz CT molecular complexity index is 2440. The number of imidazole rings is 1. The molecule has 0 aliphatic carbocycles. The highest BCUT2D eigenvalue weighted by Crippen LogP contribution is 2.43. The lowest BCUT2D eigenvalue weighted by atomic mass is 10.0. The number of phosphoric ester groups is 1. The molecule has 0 radical (unpaired) electrons. The van der Waals surface area contributed by atoms with Gasteiger partial charge in [-0.25, -0.2) is 14.3 Å². The van der Waals surface area contributed by atoms with Crippen LogP contribution >= 0.6 is 7.82 Å². The molecule has 19 heteroatoms. The lowest BCUT2D eigenvalue weighted by molar-refractivity contribution is -0.870. The Hall–Kier alpha value is -5.65. The van der Waals surface area contributed by atoms with Gasteiger partial charge in [-0.3, -0.25) is 23.4 Å². The van der Waals surface area contributed by atoms with Crippen molar-refractivity contribution in [3.05, 3.63) is 89.7 Å². The molecule has 0 aliphatic rings. The molecule has 1 aromatic heterocycles. The van der Waals surface area contributed by atoms with Gasteiger partial charge in [0.1, 0.15) is 24.8 Å². The van der Waals surface area contributed by atoms with E-state index in [0.29, 0.717) is 52.1 Å². The Balaban J connectivity index is 1.31. The minimum Gasteiger partial charge on any atom is -0.465 e. The van der Waals surface area contributed by atoms with Crippen molar-refractivity contribution < 1.29 is 56.4 Å². The number of amides is 2. The van der Waals surface area contributed by atoms with Crippen molar-refractivity contribution in [3.8, 4) is 0 Å². The fourth-order valence-electron chi connectivity index (χ4n) is 8.14. The summed E-state index contributed by atoms with van der Waals surface area (Å²) in [5.41, 5.74) is 9.73. The van der Waals surface area contributed by atoms with E-state index >= 15 is 0 Å². The Kier molecular flexibility index (Phi) is 28.3. The van der Waals surface area contributed by atoms with Crippen LogP contribution in [-0.4, -0.2) is 116 Å². The van der Waals surface area contributed by atoms with Gasteiger partial charge < -0.3 is 44.1 Å². The summed E-state index contributed by atoms with van der Waals surface area (Å²) < 4.78 is 42.1. The number of benzene rings is 3. The Morgan fingerprint density at radius 1 is 0.724 bits per heavy atom. The Labute approximate surface area is 451 Å². The molecule has 4 N–H and O–H groups in total. The number of phosphoric acid groups is 1. The molecule has 0 fully saturated rings. The van der Waals surface area contributed by atoms with Crippen LogP contribution in [0.4, 0.5) is 16.2 Å². The van der Waals surface area contributed by atoms with Gasteiger partial charge in [0.05, 0.1) is 77.5 Å². The summed E-state index contributed by atoms with van der Waals surface area (Å²) in [5.74, 6) is -1.41. The monoisotopic (exact) mass is 1080 g/mol. The zero-order valence-electron chi connectivity index (χ0n) is 46.2. The quantitative estimate of drug-likeness (QED) is 0.00723. The SMILES string of the molecule is CCCCCCCCCCCCCCCCC(=O)OCC(COC(=O)CCN(C(=O)c1ccc2c(c1)nc(CNc1ccc(/C(N)=N/C(=O)OCCCC)cc1)n2C)c1ccccc1)COP(=O)(O)OCC[N+](C)(C)C. The summed E-state index contributed by atoms with van der Waals surface area (Å²) in [6.45, 7) is 4.44. The van der Waals surface area contributed by atoms with E-state index in [4.69, 9.17) is 34.0 Å². The fraction of sp³-hybridized carbons (Fsp3) is 0.579. The number of ether oxygens (including phenoxy) is 3. The number of nitrogens with one attached hydrogen (secondary N) is 1. The lowest BCUT2D eigenvalue weighted by Gasteiger charge is -2.24. The molecule has 420 valence electrons. The lowest BCUT2D eigenvalue weighted by Crippen LogP contribution is -2.37. The van der Waals surface area contributed by atoms with Gasteiger partial charge in [-0.15, -0.1) is 0 Å². The highest BCUT2D eigenvalue weighted by Gasteiger charge is 2.27. The first-order valence-corrected chi connectivity index (χ1v) is 28.9. The van der Waals surface area contributed by atoms with E-state index in [-0.39, 0.29) is 64.2 Å². The zero-order valence-corrected chi connectivity index (χ0v) is 47.1. The van der Waals surface area contributed by atoms with E-state index in [1.165, 1.54) is 69.1 Å². The summed E-state index contributed by atoms with van der Waals surface area (Å²) >= 11 is 0. The van der Waals surface area contributed by atoms with Gasteiger partial charge in [-0.2, -0.15) is 4.99 Å². The van der Waals surface area contributed by atoms with Crippen LogP contribution in [0.1, 0.15) is 151 Å². The number of quaternary nitrogens is 1. The average molecular weight is 1080 g/mol. The number of anilines is 2. The van der Waals surface area contributed by atoms with E-state index in [0.717, 1.165) is 43.3 Å². The van der Waals surface area contributed by atoms with E-state index in [1.807, 2.05) is 63.9 Å². The highest BCUT2D eigenvalue weighted by atomic mass is 31.2. The molecule has 0 saturated carbocycles. The van der Waals surface area contributed by atoms with Crippen LogP contribution in [0.25, 0.3) is 11.0 Å². The molecule has 1 heterocycles. The van der Waals surface area contributed by atoms with Crippen molar-refractivity contribution >= 4 is 60.0 Å². The third-order valence-corrected chi connectivity index (χ3v) is 13.8. The van der Waals surface area contributed by atoms with E-state index in [9.17, 15) is 28.6 Å². The normalized spacial score (nSPS) is 13.0. The number of carbonyl (C=O) groups excluding carboxylic acids is 4. The van der Waals surface area contributed by atoms with Crippen molar-refractivity contribution in [3.63, 3.8) is 0 Å². The second-order valence-electron chi connectivity index (χ2n) is 20.4. The molecular formula is C57H87N7O11P+. The van der Waals surface area contributed by atoms with Crippen LogP contribution in [-0.2, 0) is 51.0 Å². The minimum absolute atomic E-state index is 0.0251. The van der Waals surface area contributed by atoms with Crippen molar-refractivity contribution in [1.29, 1.82) is 0 Å². The van der Waals surface area contributed by atoms with E-state index < -0.39 is 31.8 Å². The van der Waals surface area contributed by atoms with Gasteiger partial charge in [-0.1, -0.05) is 122 Å². The Morgan fingerprint density at radius 3 is 1.91 bits per heavy atom. The molecule has 18 nitrogen and oxygen atoms in total. The molecule has 0 spiro atoms. The van der Waals surface area contributed by atoms with Crippen molar-refractivity contribution in [2.45, 2.75) is 136 Å². The van der Waals surface area contributed by atoms with Gasteiger partial charge in [-0.05, 0) is 67.4 Å². The largest absolute Gasteiger partial charge is 0.472 e. The molecule has 0 saturated heterocycles. The van der Waals surface area contributed by atoms with Crippen LogP contribution in [0.15, 0.2) is 77.8 Å². The maximum absolute atomic E-state index is 14.3. The number of para-hydroxylation sites is 1. The number of hydrogen-bond donors (Lipinski definition) is 3. The predicted octanol–water partition coefficient (Wildman–Crippen LogP) is 11.3. The number of rotatable bonds is 38. The molecule has 4 aromatic rings. The van der Waals surface area contributed by atoms with Gasteiger partial charge in [0.2, 0.25) is 0 Å². The van der Waals surface area contributed by atoms with Gasteiger partial charge in [0, 0.05) is 42.5 Å². The van der Waals surface area contributed by atoms with Gasteiger partial charge >= 0.3 is 25.9 Å². The number of carbonyl (C=O) groups is 4. The van der Waals surface area contributed by atoms with Gasteiger partial charge in [0.25, 0.3) is 5.91 Å². The van der Waals surface area contributed by atoms with Crippen LogP contribution < -0.4 is 16.0 Å². The maximum atomic E-state index is 14.3. The van der Waals surface area contributed by atoms with Crippen LogP contribution in [0.5, 0.6) is 0 Å². The predicted molar refractivity (Wildman–Crippen MR) is 299 cm³/mol. The summed E-state index contributed by atoms with van der Waals surface area (Å²) in [6.07, 6.45) is 17.8. The summed E-state index contributed by atoms with van der Waals surface area (Å²) in [7, 11) is 3.18. The van der Waals surface area contributed by atoms with Crippen molar-refractivity contribution in [1.82, 2.24) is 9.55 Å². The molecule has 2 unspecified atom stereocenters. The topological polar surface area (TPSA) is 223 Å². The summed E-state index contributed by atoms with van der Waals surface area (Å²) in [4.78, 5) is 73.1. The van der Waals surface area contributed by atoms with Gasteiger partial charge in [0.15, 0.2) is 0 Å². The minimum atomic E-state index is -4.48. The fourth-order valence-corrected chi connectivity index (χ4v) is 8.92. The Morgan fingerprint density at radius 2 is 1.30 bits per heavy atom. The molecule has 2 amide bonds. The first-order chi connectivity index (χ1) is 36.5. The zero-order chi connectivity index (χ0) is 55.2. The van der Waals surface area contributed by atoms with Crippen molar-refractivity contribution in [2.24, 2.45) is 23.7 Å². The van der Waals surface area contributed by atoms with Crippen molar-refractivity contribution in [2.75, 3.05) is 77.5 Å². The summed E-state index contributed by atoms with van der Waals surface area (Å²) in [6, 6.07) is 21.4. The average Bonchev–Trinajstić information content (AvgIpc) is 3.71. The number of amidine groups is 1. The molecule has 0 aliphatic heterocycles. The maximum Gasteiger partial charge on any atom is 0.472 e. The number of aliphatic imine (C=N–C) groups is 1. The van der Waals surface area contributed by atoms with E-state index in [1.54, 1.807) is 48.5 Å². The highest BCUT2D eigenvalue weighted by molar-refractivity contribution is 7.47. The molecule has 76 heavy (non-hydrogen) atoms. The standard InChI is InChI=1S/C57H86N7O11P/c1-7-9-11-12-13-14-15-16-17-18-19-20-21-25-28-53(65)72-42-45(44-75-76(69,70)74-39-37-64(4,5)6)43-73-54(66)35-36-63(49-26-23-22-24-27-49)56(67)47-31-34-51-50(40-47)60-52(62(51)3)41-59-48-32-29-46(30-33-48)55(58)61-57(68)71-38-10-8-2/h22-24,26-27,29-34,40,45H,7-21,25,28,35-39,41-44H2,1-6H3,(H3-,58,59,61,68,69,70)/p+1. The first-order valence-electron chi connectivity index (χ1n) is 27.4. The number of likely N-dealkylation sites (N-methyl/N-ethyl adjacent to an activating group) is 1. The second-order valence-corrected chi connectivity index (χ2v) is 21.9. The number of nitrogens with two attached hydrogens (primary N) is 1. The van der Waals surface area contributed by atoms with Crippen LogP contribution in [0.2, 0.25) is 0 Å². The molecule has 0 bridgehead atoms. The smallest absolute Gasteiger partial charge is 0.465 e. The molecule has 3 aromatic carbocycles. The number of fused-ring (bicyclic) bond motifs is 1. The number of esters is 2. The molecule has 2 atom stereocenters. The number of hydrogen-bond acceptors (Lipinski definition) is 12. The van der Waals surface area contributed by atoms with E-state index in [2.05, 4.69) is 17.2 Å². The first kappa shape index (κ1) is 62.9. The number of aryl methyl sites for hydroxylation is 1. The number of aromatic nitrogens is 2. The van der Waals surface area contributed by atoms with Crippen LogP contribution in [0.3, 0.4) is 0 Å².